The second-order valence-electron chi connectivity index (χ2n) is 6.35. The number of benzene rings is 1. The maximum Gasteiger partial charge on any atom is 0.307 e. The fourth-order valence-electron chi connectivity index (χ4n) is 2.98. The van der Waals surface area contributed by atoms with Crippen molar-refractivity contribution in [2.45, 2.75) is 39.5 Å². The van der Waals surface area contributed by atoms with Crippen LogP contribution in [0.5, 0.6) is 0 Å². The third-order valence-electron chi connectivity index (χ3n) is 4.45. The first-order chi connectivity index (χ1) is 13.0. The Morgan fingerprint density at radius 2 is 1.63 bits per heavy atom. The van der Waals surface area contributed by atoms with Crippen molar-refractivity contribution in [3.63, 3.8) is 0 Å². The van der Waals surface area contributed by atoms with Gasteiger partial charge in [-0.3, -0.25) is 24.1 Å². The second kappa shape index (κ2) is 9.85. The standard InChI is InChI=1S/C20H26N2O5/c1-3-5-12-21(13-11-18(24)27-4-2)17(23)10-14-22-19(25)15-8-6-7-9-16(15)20(22)26/h6-9H,3-5,10-14H2,1-2H3. The number of ether oxygens (including phenoxy) is 1. The normalized spacial score (nSPS) is 12.9. The quantitative estimate of drug-likeness (QED) is 0.463. The number of nitrogens with zero attached hydrogens (tertiary/aromatic N) is 2. The van der Waals surface area contributed by atoms with Gasteiger partial charge in [-0.1, -0.05) is 25.5 Å². The molecule has 0 atom stereocenters. The Bertz CT molecular complexity index is 681. The average molecular weight is 374 g/mol. The Morgan fingerprint density at radius 1 is 1.00 bits per heavy atom. The second-order valence-corrected chi connectivity index (χ2v) is 6.35. The molecule has 1 heterocycles. The number of rotatable bonds is 10. The van der Waals surface area contributed by atoms with E-state index in [2.05, 4.69) is 0 Å². The van der Waals surface area contributed by atoms with Crippen molar-refractivity contribution in [1.29, 1.82) is 0 Å². The maximum atomic E-state index is 12.6. The first kappa shape index (κ1) is 20.6. The van der Waals surface area contributed by atoms with Gasteiger partial charge in [0.1, 0.15) is 0 Å². The monoisotopic (exact) mass is 374 g/mol. The van der Waals surface area contributed by atoms with Gasteiger partial charge in [0.25, 0.3) is 11.8 Å². The predicted molar refractivity (Wildman–Crippen MR) is 99.2 cm³/mol. The van der Waals surface area contributed by atoms with E-state index in [0.29, 0.717) is 24.3 Å². The molecule has 0 aromatic heterocycles. The lowest BCUT2D eigenvalue weighted by atomic mass is 10.1. The summed E-state index contributed by atoms with van der Waals surface area (Å²) >= 11 is 0. The highest BCUT2D eigenvalue weighted by molar-refractivity contribution is 6.21. The van der Waals surface area contributed by atoms with Crippen LogP contribution in [0.1, 0.15) is 60.2 Å². The van der Waals surface area contributed by atoms with Gasteiger partial charge in [0.2, 0.25) is 5.91 Å². The van der Waals surface area contributed by atoms with Crippen LogP contribution in [0.2, 0.25) is 0 Å². The number of unbranched alkanes of at least 4 members (excludes halogenated alkanes) is 1. The minimum Gasteiger partial charge on any atom is -0.466 e. The molecule has 27 heavy (non-hydrogen) atoms. The highest BCUT2D eigenvalue weighted by atomic mass is 16.5. The number of fused-ring (bicyclic) bond motifs is 1. The van der Waals surface area contributed by atoms with E-state index in [1.165, 1.54) is 0 Å². The summed E-state index contributed by atoms with van der Waals surface area (Å²) in [5.74, 6) is -1.25. The van der Waals surface area contributed by atoms with E-state index in [0.717, 1.165) is 17.7 Å². The van der Waals surface area contributed by atoms with Crippen molar-refractivity contribution in [3.8, 4) is 0 Å². The Kier molecular flexibility index (Phi) is 7.52. The van der Waals surface area contributed by atoms with Crippen LogP contribution in [0, 0.1) is 0 Å². The third kappa shape index (κ3) is 5.15. The molecule has 0 radical (unpaired) electrons. The highest BCUT2D eigenvalue weighted by Crippen LogP contribution is 2.22. The minimum absolute atomic E-state index is 0.0349. The van der Waals surface area contributed by atoms with Gasteiger partial charge in [0.15, 0.2) is 0 Å². The number of imide groups is 1. The number of esters is 1. The summed E-state index contributed by atoms with van der Waals surface area (Å²) in [6, 6.07) is 6.65. The first-order valence-corrected chi connectivity index (χ1v) is 9.38. The van der Waals surface area contributed by atoms with Crippen molar-refractivity contribution in [2.75, 3.05) is 26.2 Å². The van der Waals surface area contributed by atoms with Crippen LogP contribution in [0.15, 0.2) is 24.3 Å². The summed E-state index contributed by atoms with van der Waals surface area (Å²) in [6.45, 7) is 4.91. The molecule has 1 aliphatic heterocycles. The van der Waals surface area contributed by atoms with E-state index in [-0.39, 0.29) is 49.6 Å². The molecule has 0 unspecified atom stereocenters. The van der Waals surface area contributed by atoms with Gasteiger partial charge in [0.05, 0.1) is 24.2 Å². The zero-order valence-corrected chi connectivity index (χ0v) is 15.9. The summed E-state index contributed by atoms with van der Waals surface area (Å²) < 4.78 is 4.91. The first-order valence-electron chi connectivity index (χ1n) is 9.38. The molecule has 2 rings (SSSR count). The van der Waals surface area contributed by atoms with E-state index in [4.69, 9.17) is 4.74 Å². The summed E-state index contributed by atoms with van der Waals surface area (Å²) in [4.78, 5) is 51.6. The van der Waals surface area contributed by atoms with Crippen LogP contribution >= 0.6 is 0 Å². The summed E-state index contributed by atoms with van der Waals surface area (Å²) in [5, 5.41) is 0. The van der Waals surface area contributed by atoms with Crippen LogP contribution in [-0.4, -0.2) is 59.7 Å². The van der Waals surface area contributed by atoms with Gasteiger partial charge < -0.3 is 9.64 Å². The molecule has 1 aromatic rings. The van der Waals surface area contributed by atoms with Crippen LogP contribution in [0.3, 0.4) is 0 Å². The zero-order valence-electron chi connectivity index (χ0n) is 15.9. The molecule has 0 saturated heterocycles. The molecule has 0 spiro atoms. The number of amides is 3. The molecule has 1 aliphatic rings. The summed E-state index contributed by atoms with van der Waals surface area (Å²) in [5.41, 5.74) is 0.750. The molecular weight excluding hydrogens is 348 g/mol. The van der Waals surface area contributed by atoms with Gasteiger partial charge in [0, 0.05) is 26.1 Å². The molecule has 146 valence electrons. The largest absolute Gasteiger partial charge is 0.466 e. The maximum absolute atomic E-state index is 12.6. The Balaban J connectivity index is 1.94. The molecule has 0 bridgehead atoms. The van der Waals surface area contributed by atoms with Crippen LogP contribution in [-0.2, 0) is 14.3 Å². The lowest BCUT2D eigenvalue weighted by Gasteiger charge is -2.23. The SMILES string of the molecule is CCCCN(CCC(=O)OCC)C(=O)CCN1C(=O)c2ccccc2C1=O. The van der Waals surface area contributed by atoms with Gasteiger partial charge >= 0.3 is 5.97 Å². The summed E-state index contributed by atoms with van der Waals surface area (Å²) in [7, 11) is 0. The number of carbonyl (C=O) groups excluding carboxylic acids is 4. The molecule has 0 aliphatic carbocycles. The molecule has 0 fully saturated rings. The van der Waals surface area contributed by atoms with E-state index < -0.39 is 0 Å². The Morgan fingerprint density at radius 3 is 2.19 bits per heavy atom. The van der Waals surface area contributed by atoms with Crippen molar-refractivity contribution in [2.24, 2.45) is 0 Å². The number of hydrogen-bond acceptors (Lipinski definition) is 5. The molecule has 0 N–H and O–H groups in total. The van der Waals surface area contributed by atoms with E-state index in [9.17, 15) is 19.2 Å². The highest BCUT2D eigenvalue weighted by Gasteiger charge is 2.35. The predicted octanol–water partition coefficient (Wildman–Crippen LogP) is 2.25. The van der Waals surface area contributed by atoms with Crippen molar-refractivity contribution in [1.82, 2.24) is 9.80 Å². The lowest BCUT2D eigenvalue weighted by Crippen LogP contribution is -2.38. The summed E-state index contributed by atoms with van der Waals surface area (Å²) in [6.07, 6.45) is 1.91. The average Bonchev–Trinajstić information content (AvgIpc) is 2.91. The van der Waals surface area contributed by atoms with Crippen LogP contribution in [0.25, 0.3) is 0 Å². The molecule has 3 amide bonds. The van der Waals surface area contributed by atoms with Gasteiger partial charge in [-0.15, -0.1) is 0 Å². The topological polar surface area (TPSA) is 84.0 Å². The van der Waals surface area contributed by atoms with Crippen LogP contribution in [0.4, 0.5) is 0 Å². The molecular formula is C20H26N2O5. The van der Waals surface area contributed by atoms with Gasteiger partial charge in [-0.25, -0.2) is 0 Å². The molecule has 7 nitrogen and oxygen atoms in total. The van der Waals surface area contributed by atoms with E-state index >= 15 is 0 Å². The van der Waals surface area contributed by atoms with Crippen molar-refractivity contribution < 1.29 is 23.9 Å². The van der Waals surface area contributed by atoms with Crippen molar-refractivity contribution in [3.05, 3.63) is 35.4 Å². The van der Waals surface area contributed by atoms with E-state index in [1.54, 1.807) is 36.1 Å². The smallest absolute Gasteiger partial charge is 0.307 e. The molecule has 0 saturated carbocycles. The van der Waals surface area contributed by atoms with Crippen LogP contribution < -0.4 is 0 Å². The van der Waals surface area contributed by atoms with Crippen molar-refractivity contribution >= 4 is 23.7 Å². The van der Waals surface area contributed by atoms with Gasteiger partial charge in [-0.2, -0.15) is 0 Å². The number of carbonyl (C=O) groups is 4. The minimum atomic E-state index is -0.366. The third-order valence-corrected chi connectivity index (χ3v) is 4.45. The fraction of sp³-hybridized carbons (Fsp3) is 0.500. The Hall–Kier alpha value is -2.70. The lowest BCUT2D eigenvalue weighted by molar-refractivity contribution is -0.144. The molecule has 7 heteroatoms. The molecule has 1 aromatic carbocycles. The van der Waals surface area contributed by atoms with Gasteiger partial charge in [-0.05, 0) is 25.5 Å². The van der Waals surface area contributed by atoms with E-state index in [1.807, 2.05) is 6.92 Å². The fourth-order valence-corrected chi connectivity index (χ4v) is 2.98. The zero-order chi connectivity index (χ0) is 19.8. The Labute approximate surface area is 159 Å². The number of hydrogen-bond donors (Lipinski definition) is 0.